The number of thiazole rings is 1. The van der Waals surface area contributed by atoms with Gasteiger partial charge in [-0.2, -0.15) is 0 Å². The largest absolute Gasteiger partial charge is 0.317 e. The number of aromatic nitrogens is 3. The molecule has 2 aromatic heterocycles. The Kier molecular flexibility index (Phi) is 5.21. The summed E-state index contributed by atoms with van der Waals surface area (Å²) in [6.45, 7) is 0.743. The number of benzene rings is 3. The van der Waals surface area contributed by atoms with Gasteiger partial charge in [0, 0.05) is 0 Å². The first-order valence-electron chi connectivity index (χ1n) is 9.59. The fourth-order valence-corrected chi connectivity index (χ4v) is 5.08. The van der Waals surface area contributed by atoms with Crippen molar-refractivity contribution in [3.8, 4) is 0 Å². The summed E-state index contributed by atoms with van der Waals surface area (Å²) in [5.74, 6) is 0.237. The molecule has 1 amide bonds. The van der Waals surface area contributed by atoms with Gasteiger partial charge in [-0.25, -0.2) is 14.5 Å². The number of carbonyl (C=O) groups is 1. The molecule has 148 valence electrons. The molecule has 0 aliphatic heterocycles. The summed E-state index contributed by atoms with van der Waals surface area (Å²) in [5.41, 5.74) is 4.30. The lowest BCUT2D eigenvalue weighted by atomic mass is 10.2. The third-order valence-corrected chi connectivity index (χ3v) is 6.70. The molecular formula is C23H19N4OS2+. The van der Waals surface area contributed by atoms with Gasteiger partial charge < -0.3 is 5.32 Å². The number of aromatic amines is 1. The molecule has 0 saturated heterocycles. The van der Waals surface area contributed by atoms with Crippen molar-refractivity contribution in [2.24, 2.45) is 0 Å². The van der Waals surface area contributed by atoms with Crippen LogP contribution in [0, 0.1) is 0 Å². The van der Waals surface area contributed by atoms with Crippen LogP contribution >= 0.6 is 23.1 Å². The van der Waals surface area contributed by atoms with E-state index < -0.39 is 0 Å². The van der Waals surface area contributed by atoms with Crippen LogP contribution in [0.4, 0.5) is 5.13 Å². The zero-order valence-corrected chi connectivity index (χ0v) is 17.7. The number of carbonyl (C=O) groups excluding carboxylic acids is 1. The SMILES string of the molecule is O=C(CSc1[nH]c2ccccc2[n+]1Cc1ccccc1)Nc1nc2ccccc2s1. The van der Waals surface area contributed by atoms with Crippen molar-refractivity contribution in [3.05, 3.63) is 84.4 Å². The maximum absolute atomic E-state index is 12.6. The fourth-order valence-electron chi connectivity index (χ4n) is 3.36. The molecule has 3 aromatic carbocycles. The lowest BCUT2D eigenvalue weighted by Gasteiger charge is -2.03. The van der Waals surface area contributed by atoms with Gasteiger partial charge in [-0.15, -0.1) is 0 Å². The number of fused-ring (bicyclic) bond motifs is 2. The van der Waals surface area contributed by atoms with Crippen LogP contribution in [0.5, 0.6) is 0 Å². The second-order valence-electron chi connectivity index (χ2n) is 6.84. The number of imidazole rings is 1. The Morgan fingerprint density at radius 2 is 1.77 bits per heavy atom. The Morgan fingerprint density at radius 3 is 2.63 bits per heavy atom. The van der Waals surface area contributed by atoms with Crippen LogP contribution in [-0.2, 0) is 11.3 Å². The molecule has 2 heterocycles. The second-order valence-corrected chi connectivity index (χ2v) is 8.84. The number of thioether (sulfide) groups is 1. The molecule has 30 heavy (non-hydrogen) atoms. The molecule has 0 atom stereocenters. The number of H-pyrrole nitrogens is 1. The third kappa shape index (κ3) is 3.94. The van der Waals surface area contributed by atoms with Crippen molar-refractivity contribution < 1.29 is 9.36 Å². The number of hydrogen-bond donors (Lipinski definition) is 2. The molecule has 0 spiro atoms. The van der Waals surface area contributed by atoms with E-state index in [9.17, 15) is 4.79 Å². The molecule has 0 unspecified atom stereocenters. The highest BCUT2D eigenvalue weighted by Crippen LogP contribution is 2.26. The molecule has 5 aromatic rings. The molecule has 0 fully saturated rings. The minimum atomic E-state index is -0.0658. The van der Waals surface area contributed by atoms with E-state index in [1.54, 1.807) is 0 Å². The third-order valence-electron chi connectivity index (χ3n) is 4.75. The molecule has 5 nitrogen and oxygen atoms in total. The van der Waals surface area contributed by atoms with Crippen molar-refractivity contribution >= 4 is 55.4 Å². The highest BCUT2D eigenvalue weighted by atomic mass is 32.2. The average molecular weight is 432 g/mol. The molecule has 0 bridgehead atoms. The zero-order valence-electron chi connectivity index (χ0n) is 16.0. The van der Waals surface area contributed by atoms with Crippen molar-refractivity contribution in [1.82, 2.24) is 9.97 Å². The highest BCUT2D eigenvalue weighted by Gasteiger charge is 2.20. The Bertz CT molecular complexity index is 1290. The predicted molar refractivity (Wildman–Crippen MR) is 123 cm³/mol. The Morgan fingerprint density at radius 1 is 1.00 bits per heavy atom. The minimum Gasteiger partial charge on any atom is -0.301 e. The van der Waals surface area contributed by atoms with E-state index in [-0.39, 0.29) is 5.91 Å². The van der Waals surface area contributed by atoms with Gasteiger partial charge in [0.15, 0.2) is 16.2 Å². The monoisotopic (exact) mass is 431 g/mol. The molecular weight excluding hydrogens is 412 g/mol. The van der Waals surface area contributed by atoms with Gasteiger partial charge in [0.2, 0.25) is 5.91 Å². The first-order valence-corrected chi connectivity index (χ1v) is 11.4. The number of nitrogens with one attached hydrogen (secondary N) is 2. The van der Waals surface area contributed by atoms with Crippen LogP contribution in [-0.4, -0.2) is 21.6 Å². The number of anilines is 1. The summed E-state index contributed by atoms with van der Waals surface area (Å²) < 4.78 is 3.29. The summed E-state index contributed by atoms with van der Waals surface area (Å²) in [6.07, 6.45) is 0. The number of nitrogens with zero attached hydrogens (tertiary/aromatic N) is 2. The average Bonchev–Trinajstić information content (AvgIpc) is 3.34. The standard InChI is InChI=1S/C23H18N4OS2/c28-21(26-22-24-18-11-5-7-13-20(18)30-22)15-29-23-25-17-10-4-6-12-19(17)27(23)14-16-8-2-1-3-9-16/h1-13H,14-15H2,(H,24,26,28)/p+1. The lowest BCUT2D eigenvalue weighted by molar-refractivity contribution is -0.700. The van der Waals surface area contributed by atoms with Crippen molar-refractivity contribution in [2.45, 2.75) is 11.7 Å². The Hall–Kier alpha value is -3.16. The van der Waals surface area contributed by atoms with E-state index in [1.807, 2.05) is 54.6 Å². The van der Waals surface area contributed by atoms with E-state index in [0.29, 0.717) is 10.9 Å². The van der Waals surface area contributed by atoms with Gasteiger partial charge in [0.1, 0.15) is 6.54 Å². The van der Waals surface area contributed by atoms with E-state index >= 15 is 0 Å². The fraction of sp³-hybridized carbons (Fsp3) is 0.0870. The van der Waals surface area contributed by atoms with Crippen molar-refractivity contribution in [3.63, 3.8) is 0 Å². The van der Waals surface area contributed by atoms with E-state index in [4.69, 9.17) is 0 Å². The number of para-hydroxylation sites is 3. The van der Waals surface area contributed by atoms with Crippen LogP contribution in [0.2, 0.25) is 0 Å². The van der Waals surface area contributed by atoms with E-state index in [1.165, 1.54) is 28.7 Å². The van der Waals surface area contributed by atoms with E-state index in [0.717, 1.165) is 33.0 Å². The first kappa shape index (κ1) is 18.8. The number of hydrogen-bond acceptors (Lipinski definition) is 4. The number of rotatable bonds is 6. The lowest BCUT2D eigenvalue weighted by Crippen LogP contribution is -2.35. The molecule has 0 radical (unpaired) electrons. The van der Waals surface area contributed by atoms with Crippen LogP contribution in [0.15, 0.2) is 84.0 Å². The summed E-state index contributed by atoms with van der Waals surface area (Å²) in [7, 11) is 0. The van der Waals surface area contributed by atoms with Crippen LogP contribution in [0.1, 0.15) is 5.56 Å². The van der Waals surface area contributed by atoms with Gasteiger partial charge in [-0.05, 0) is 41.6 Å². The molecule has 2 N–H and O–H groups in total. The maximum Gasteiger partial charge on any atom is 0.317 e. The van der Waals surface area contributed by atoms with Gasteiger partial charge in [0.25, 0.3) is 0 Å². The zero-order chi connectivity index (χ0) is 20.3. The maximum atomic E-state index is 12.6. The smallest absolute Gasteiger partial charge is 0.301 e. The van der Waals surface area contributed by atoms with Gasteiger partial charge in [-0.3, -0.25) is 4.79 Å². The Balaban J connectivity index is 1.34. The number of amides is 1. The van der Waals surface area contributed by atoms with Gasteiger partial charge in [-0.1, -0.05) is 65.9 Å². The minimum absolute atomic E-state index is 0.0658. The Labute approximate surface area is 181 Å². The van der Waals surface area contributed by atoms with Crippen LogP contribution < -0.4 is 9.88 Å². The quantitative estimate of drug-likeness (QED) is 0.299. The van der Waals surface area contributed by atoms with Crippen LogP contribution in [0.3, 0.4) is 0 Å². The second kappa shape index (κ2) is 8.30. The van der Waals surface area contributed by atoms with Gasteiger partial charge in [0.05, 0.1) is 16.0 Å². The van der Waals surface area contributed by atoms with Gasteiger partial charge >= 0.3 is 5.16 Å². The first-order chi connectivity index (χ1) is 14.8. The summed E-state index contributed by atoms with van der Waals surface area (Å²) in [5, 5.41) is 4.52. The van der Waals surface area contributed by atoms with Crippen LogP contribution in [0.25, 0.3) is 21.3 Å². The van der Waals surface area contributed by atoms with Crippen molar-refractivity contribution in [2.75, 3.05) is 11.1 Å². The topological polar surface area (TPSA) is 61.7 Å². The molecule has 7 heteroatoms. The molecule has 0 saturated carbocycles. The normalized spacial score (nSPS) is 11.2. The molecule has 0 aliphatic carbocycles. The highest BCUT2D eigenvalue weighted by molar-refractivity contribution is 7.99. The predicted octanol–water partition coefficient (Wildman–Crippen LogP) is 4.84. The summed E-state index contributed by atoms with van der Waals surface area (Å²) in [4.78, 5) is 20.5. The molecule has 5 rings (SSSR count). The van der Waals surface area contributed by atoms with Crippen molar-refractivity contribution in [1.29, 1.82) is 0 Å². The summed E-state index contributed by atoms with van der Waals surface area (Å²) in [6, 6.07) is 26.4. The van der Waals surface area contributed by atoms with E-state index in [2.05, 4.69) is 44.1 Å². The molecule has 0 aliphatic rings. The summed E-state index contributed by atoms with van der Waals surface area (Å²) >= 11 is 2.99.